The van der Waals surface area contributed by atoms with E-state index in [1.807, 2.05) is 24.3 Å². The molecule has 0 unspecified atom stereocenters. The molecule has 1 N–H and O–H groups in total. The summed E-state index contributed by atoms with van der Waals surface area (Å²) < 4.78 is 1.38. The van der Waals surface area contributed by atoms with Crippen molar-refractivity contribution >= 4 is 16.9 Å². The highest BCUT2D eigenvalue weighted by Gasteiger charge is 2.15. The summed E-state index contributed by atoms with van der Waals surface area (Å²) >= 11 is 0. The number of carboxylic acids is 1. The molecule has 3 rings (SSSR count). The van der Waals surface area contributed by atoms with Crippen molar-refractivity contribution in [2.24, 2.45) is 0 Å². The van der Waals surface area contributed by atoms with Gasteiger partial charge >= 0.3 is 5.97 Å². The molecule has 0 spiro atoms. The largest absolute Gasteiger partial charge is 0.476 e. The Hall–Kier alpha value is -3.02. The minimum absolute atomic E-state index is 0.315. The third-order valence-corrected chi connectivity index (χ3v) is 3.16. The van der Waals surface area contributed by atoms with Crippen LogP contribution >= 0.6 is 0 Å². The molecule has 0 saturated carbocycles. The molecule has 0 aliphatic carbocycles. The second kappa shape index (κ2) is 4.82. The number of benzene rings is 1. The molecule has 21 heavy (non-hydrogen) atoms. The molecular weight excluding hydrogens is 270 g/mol. The van der Waals surface area contributed by atoms with Crippen LogP contribution in [-0.4, -0.2) is 25.8 Å². The van der Waals surface area contributed by atoms with Crippen molar-refractivity contribution in [1.29, 1.82) is 0 Å². The van der Waals surface area contributed by atoms with Crippen LogP contribution in [-0.2, 0) is 0 Å². The molecule has 0 saturated heterocycles. The quantitative estimate of drug-likeness (QED) is 0.774. The van der Waals surface area contributed by atoms with E-state index < -0.39 is 17.1 Å². The first-order valence-electron chi connectivity index (χ1n) is 6.26. The molecule has 0 amide bonds. The molecule has 0 atom stereocenters. The zero-order chi connectivity index (χ0) is 15.0. The Kier molecular flexibility index (Phi) is 2.98. The Balaban J connectivity index is 2.34. The third-order valence-electron chi connectivity index (χ3n) is 3.16. The SMILES string of the molecule is Cc1cn(-c2cccc3cccnc23)nc(C(=O)O)c1=O. The summed E-state index contributed by atoms with van der Waals surface area (Å²) in [4.78, 5) is 27.2. The average Bonchev–Trinajstić information content (AvgIpc) is 2.49. The fraction of sp³-hybridized carbons (Fsp3) is 0.0667. The zero-order valence-corrected chi connectivity index (χ0v) is 11.1. The minimum Gasteiger partial charge on any atom is -0.476 e. The lowest BCUT2D eigenvalue weighted by molar-refractivity contribution is 0.0686. The number of aryl methyl sites for hydroxylation is 1. The highest BCUT2D eigenvalue weighted by molar-refractivity contribution is 5.87. The zero-order valence-electron chi connectivity index (χ0n) is 11.1. The van der Waals surface area contributed by atoms with Gasteiger partial charge in [-0.05, 0) is 19.1 Å². The van der Waals surface area contributed by atoms with Gasteiger partial charge in [-0.2, -0.15) is 5.10 Å². The van der Waals surface area contributed by atoms with E-state index >= 15 is 0 Å². The van der Waals surface area contributed by atoms with Gasteiger partial charge in [0.05, 0.1) is 11.2 Å². The Bertz CT molecular complexity index is 910. The van der Waals surface area contributed by atoms with Crippen molar-refractivity contribution in [1.82, 2.24) is 14.8 Å². The van der Waals surface area contributed by atoms with Crippen LogP contribution < -0.4 is 5.43 Å². The van der Waals surface area contributed by atoms with E-state index in [0.717, 1.165) is 5.39 Å². The number of fused-ring (bicyclic) bond motifs is 1. The Labute approximate surface area is 119 Å². The lowest BCUT2D eigenvalue weighted by Crippen LogP contribution is -2.23. The molecule has 0 radical (unpaired) electrons. The first kappa shape index (κ1) is 13.0. The number of hydrogen-bond donors (Lipinski definition) is 1. The number of aromatic nitrogens is 3. The number of hydrogen-bond acceptors (Lipinski definition) is 4. The van der Waals surface area contributed by atoms with E-state index in [2.05, 4.69) is 10.1 Å². The molecule has 0 aliphatic rings. The number of para-hydroxylation sites is 1. The number of rotatable bonds is 2. The second-order valence-electron chi connectivity index (χ2n) is 4.59. The third kappa shape index (κ3) is 2.16. The van der Waals surface area contributed by atoms with Crippen LogP contribution in [0.2, 0.25) is 0 Å². The van der Waals surface area contributed by atoms with E-state index in [1.54, 1.807) is 19.2 Å². The lowest BCUT2D eigenvalue weighted by atomic mass is 10.2. The van der Waals surface area contributed by atoms with E-state index in [1.165, 1.54) is 10.9 Å². The molecule has 104 valence electrons. The van der Waals surface area contributed by atoms with E-state index in [9.17, 15) is 9.59 Å². The number of aromatic carboxylic acids is 1. The maximum Gasteiger partial charge on any atom is 0.360 e. The van der Waals surface area contributed by atoms with Gasteiger partial charge < -0.3 is 5.11 Å². The molecule has 0 fully saturated rings. The molecule has 0 bridgehead atoms. The predicted molar refractivity (Wildman–Crippen MR) is 76.8 cm³/mol. The Morgan fingerprint density at radius 3 is 2.76 bits per heavy atom. The van der Waals surface area contributed by atoms with Gasteiger partial charge in [0.2, 0.25) is 11.1 Å². The normalized spacial score (nSPS) is 10.7. The highest BCUT2D eigenvalue weighted by atomic mass is 16.4. The molecule has 2 aromatic heterocycles. The van der Waals surface area contributed by atoms with Crippen molar-refractivity contribution in [2.45, 2.75) is 6.92 Å². The van der Waals surface area contributed by atoms with Gasteiger partial charge in [0.25, 0.3) is 0 Å². The smallest absolute Gasteiger partial charge is 0.360 e. The maximum atomic E-state index is 11.8. The van der Waals surface area contributed by atoms with E-state index in [4.69, 9.17) is 5.11 Å². The summed E-state index contributed by atoms with van der Waals surface area (Å²) in [5.41, 5.74) is 0.552. The standard InChI is InChI=1S/C15H11N3O3/c1-9-8-18(17-13(14(9)19)15(20)21)11-6-2-4-10-5-3-7-16-12(10)11/h2-8H,1H3,(H,20,21). The van der Waals surface area contributed by atoms with Gasteiger partial charge in [0.15, 0.2) is 0 Å². The van der Waals surface area contributed by atoms with Crippen molar-refractivity contribution in [3.05, 3.63) is 64.2 Å². The van der Waals surface area contributed by atoms with Gasteiger partial charge in [0.1, 0.15) is 0 Å². The van der Waals surface area contributed by atoms with Gasteiger partial charge in [-0.15, -0.1) is 0 Å². The van der Waals surface area contributed by atoms with E-state index in [-0.39, 0.29) is 0 Å². The van der Waals surface area contributed by atoms with Crippen LogP contribution in [0.4, 0.5) is 0 Å². The summed E-state index contributed by atoms with van der Waals surface area (Å²) in [5, 5.41) is 13.9. The summed E-state index contributed by atoms with van der Waals surface area (Å²) in [7, 11) is 0. The van der Waals surface area contributed by atoms with Crippen LogP contribution in [0.15, 0.2) is 47.5 Å². The summed E-state index contributed by atoms with van der Waals surface area (Å²) in [5.74, 6) is -1.34. The predicted octanol–water partition coefficient (Wildman–Crippen LogP) is 1.79. The molecule has 2 heterocycles. The van der Waals surface area contributed by atoms with Crippen molar-refractivity contribution in [3.63, 3.8) is 0 Å². The molecule has 1 aromatic carbocycles. The first-order chi connectivity index (χ1) is 10.1. The van der Waals surface area contributed by atoms with Crippen LogP contribution in [0.1, 0.15) is 16.1 Å². The van der Waals surface area contributed by atoms with Gasteiger partial charge in [0, 0.05) is 23.3 Å². The topological polar surface area (TPSA) is 85.1 Å². The minimum atomic E-state index is -1.34. The van der Waals surface area contributed by atoms with Gasteiger partial charge in [-0.3, -0.25) is 9.78 Å². The van der Waals surface area contributed by atoms with Crippen molar-refractivity contribution in [3.8, 4) is 5.69 Å². The van der Waals surface area contributed by atoms with Crippen molar-refractivity contribution in [2.75, 3.05) is 0 Å². The molecule has 3 aromatic rings. The van der Waals surface area contributed by atoms with Gasteiger partial charge in [-0.1, -0.05) is 18.2 Å². The highest BCUT2D eigenvalue weighted by Crippen LogP contribution is 2.19. The average molecular weight is 281 g/mol. The monoisotopic (exact) mass is 281 g/mol. The maximum absolute atomic E-state index is 11.8. The van der Waals surface area contributed by atoms with Gasteiger partial charge in [-0.25, -0.2) is 9.48 Å². The number of nitrogens with zero attached hydrogens (tertiary/aromatic N) is 3. The van der Waals surface area contributed by atoms with Crippen LogP contribution in [0.3, 0.4) is 0 Å². The Morgan fingerprint density at radius 1 is 1.24 bits per heavy atom. The van der Waals surface area contributed by atoms with Crippen LogP contribution in [0, 0.1) is 6.92 Å². The number of carbonyl (C=O) groups is 1. The number of pyridine rings is 1. The van der Waals surface area contributed by atoms with E-state index in [0.29, 0.717) is 16.8 Å². The fourth-order valence-electron chi connectivity index (χ4n) is 2.15. The molecule has 0 aliphatic heterocycles. The summed E-state index contributed by atoms with van der Waals surface area (Å²) in [6.07, 6.45) is 3.16. The summed E-state index contributed by atoms with van der Waals surface area (Å²) in [6, 6.07) is 9.23. The summed E-state index contributed by atoms with van der Waals surface area (Å²) in [6.45, 7) is 1.56. The second-order valence-corrected chi connectivity index (χ2v) is 4.59. The molecular formula is C15H11N3O3. The Morgan fingerprint density at radius 2 is 2.00 bits per heavy atom. The molecule has 6 nitrogen and oxygen atoms in total. The van der Waals surface area contributed by atoms with Crippen LogP contribution in [0.25, 0.3) is 16.6 Å². The fourth-order valence-corrected chi connectivity index (χ4v) is 2.15. The lowest BCUT2D eigenvalue weighted by Gasteiger charge is -2.09. The first-order valence-corrected chi connectivity index (χ1v) is 6.26. The molecule has 6 heteroatoms. The number of carboxylic acid groups (broad SMARTS) is 1. The van der Waals surface area contributed by atoms with Crippen LogP contribution in [0.5, 0.6) is 0 Å². The van der Waals surface area contributed by atoms with Crippen molar-refractivity contribution < 1.29 is 9.90 Å².